The summed E-state index contributed by atoms with van der Waals surface area (Å²) in [5, 5.41) is 3.77. The van der Waals surface area contributed by atoms with Gasteiger partial charge in [0.05, 0.1) is 5.69 Å². The fourth-order valence-corrected chi connectivity index (χ4v) is 1.43. The Morgan fingerprint density at radius 3 is 2.83 bits per heavy atom. The summed E-state index contributed by atoms with van der Waals surface area (Å²) in [5.41, 5.74) is 1.49. The molecule has 1 aliphatic carbocycles. The maximum absolute atomic E-state index is 10.8. The first-order valence-electron chi connectivity index (χ1n) is 3.92. The van der Waals surface area contributed by atoms with Gasteiger partial charge in [0.25, 0.3) is 5.24 Å². The molecule has 2 rings (SSSR count). The van der Waals surface area contributed by atoms with Crippen LogP contribution in [0.25, 0.3) is 0 Å². The van der Waals surface area contributed by atoms with E-state index in [9.17, 15) is 4.79 Å². The van der Waals surface area contributed by atoms with Gasteiger partial charge >= 0.3 is 0 Å². The van der Waals surface area contributed by atoms with Gasteiger partial charge in [-0.1, -0.05) is 0 Å². The minimum atomic E-state index is -0.433. The van der Waals surface area contributed by atoms with Crippen LogP contribution in [0.3, 0.4) is 0 Å². The minimum absolute atomic E-state index is 0.433. The van der Waals surface area contributed by atoms with Crippen LogP contribution in [-0.2, 0) is 7.05 Å². The third-order valence-electron chi connectivity index (χ3n) is 2.10. The van der Waals surface area contributed by atoms with E-state index < -0.39 is 5.24 Å². The summed E-state index contributed by atoms with van der Waals surface area (Å²) in [7, 11) is 1.74. The third kappa shape index (κ3) is 1.25. The van der Waals surface area contributed by atoms with Crippen LogP contribution < -0.4 is 0 Å². The van der Waals surface area contributed by atoms with Crippen molar-refractivity contribution in [1.82, 2.24) is 9.78 Å². The zero-order chi connectivity index (χ0) is 8.72. The van der Waals surface area contributed by atoms with E-state index in [4.69, 9.17) is 11.6 Å². The molecule has 0 radical (unpaired) electrons. The van der Waals surface area contributed by atoms with Crippen molar-refractivity contribution < 1.29 is 4.79 Å². The lowest BCUT2D eigenvalue weighted by molar-refractivity contribution is 0.107. The van der Waals surface area contributed by atoms with Crippen molar-refractivity contribution in [2.75, 3.05) is 0 Å². The molecule has 1 heterocycles. The van der Waals surface area contributed by atoms with Crippen LogP contribution >= 0.6 is 11.6 Å². The van der Waals surface area contributed by atoms with Gasteiger partial charge in [0.15, 0.2) is 0 Å². The van der Waals surface area contributed by atoms with Gasteiger partial charge in [0.2, 0.25) is 0 Å². The molecule has 1 fully saturated rings. The zero-order valence-corrected chi connectivity index (χ0v) is 7.51. The molecule has 0 saturated heterocycles. The number of carbonyl (C=O) groups excluding carboxylic acids is 1. The van der Waals surface area contributed by atoms with Crippen LogP contribution in [-0.4, -0.2) is 15.0 Å². The predicted molar refractivity (Wildman–Crippen MR) is 45.4 cm³/mol. The number of carbonyl (C=O) groups is 1. The highest BCUT2D eigenvalue weighted by atomic mass is 35.5. The second-order valence-corrected chi connectivity index (χ2v) is 3.47. The molecule has 0 unspecified atom stereocenters. The Bertz CT molecular complexity index is 328. The van der Waals surface area contributed by atoms with E-state index in [0.29, 0.717) is 11.6 Å². The Labute approximate surface area is 75.3 Å². The molecule has 0 amide bonds. The second-order valence-electron chi connectivity index (χ2n) is 3.13. The maximum atomic E-state index is 10.8. The van der Waals surface area contributed by atoms with Crippen LogP contribution in [0.4, 0.5) is 0 Å². The van der Waals surface area contributed by atoms with Crippen LogP contribution in [0.15, 0.2) is 6.07 Å². The smallest absolute Gasteiger partial charge is 0.270 e. The molecule has 1 saturated carbocycles. The molecule has 3 nitrogen and oxygen atoms in total. The number of aromatic nitrogens is 2. The van der Waals surface area contributed by atoms with Crippen LogP contribution in [0, 0.1) is 0 Å². The van der Waals surface area contributed by atoms with Gasteiger partial charge in [-0.3, -0.25) is 9.48 Å². The van der Waals surface area contributed by atoms with Gasteiger partial charge < -0.3 is 0 Å². The summed E-state index contributed by atoms with van der Waals surface area (Å²) < 4.78 is 1.54. The molecule has 64 valence electrons. The number of hydrogen-bond acceptors (Lipinski definition) is 2. The number of nitrogens with zero attached hydrogens (tertiary/aromatic N) is 2. The monoisotopic (exact) mass is 184 g/mol. The van der Waals surface area contributed by atoms with Crippen LogP contribution in [0.2, 0.25) is 0 Å². The van der Waals surface area contributed by atoms with E-state index in [1.807, 2.05) is 0 Å². The van der Waals surface area contributed by atoms with Crippen LogP contribution in [0.1, 0.15) is 34.9 Å². The summed E-state index contributed by atoms with van der Waals surface area (Å²) in [5.74, 6) is 0.570. The lowest BCUT2D eigenvalue weighted by Gasteiger charge is -1.90. The van der Waals surface area contributed by atoms with Gasteiger partial charge in [-0.15, -0.1) is 0 Å². The second kappa shape index (κ2) is 2.59. The zero-order valence-electron chi connectivity index (χ0n) is 6.75. The predicted octanol–water partition coefficient (Wildman–Crippen LogP) is 1.68. The Morgan fingerprint density at radius 1 is 1.75 bits per heavy atom. The molecule has 0 aliphatic heterocycles. The summed E-state index contributed by atoms with van der Waals surface area (Å²) in [6, 6.07) is 1.78. The van der Waals surface area contributed by atoms with E-state index in [1.165, 1.54) is 12.8 Å². The van der Waals surface area contributed by atoms with Crippen molar-refractivity contribution >= 4 is 16.8 Å². The first kappa shape index (κ1) is 7.80. The van der Waals surface area contributed by atoms with E-state index in [2.05, 4.69) is 5.10 Å². The van der Waals surface area contributed by atoms with E-state index in [1.54, 1.807) is 17.8 Å². The quantitative estimate of drug-likeness (QED) is 0.656. The Balaban J connectivity index is 2.36. The van der Waals surface area contributed by atoms with Crippen molar-refractivity contribution in [2.24, 2.45) is 7.05 Å². The summed E-state index contributed by atoms with van der Waals surface area (Å²) in [4.78, 5) is 10.8. The fraction of sp³-hybridized carbons (Fsp3) is 0.500. The molecular formula is C8H9ClN2O. The lowest BCUT2D eigenvalue weighted by atomic mass is 10.3. The molecular weight excluding hydrogens is 176 g/mol. The molecule has 4 heteroatoms. The normalized spacial score (nSPS) is 16.5. The Hall–Kier alpha value is -0.830. The maximum Gasteiger partial charge on any atom is 0.270 e. The van der Waals surface area contributed by atoms with E-state index >= 15 is 0 Å². The van der Waals surface area contributed by atoms with Gasteiger partial charge in [-0.05, 0) is 30.5 Å². The minimum Gasteiger partial charge on any atom is -0.274 e. The standard InChI is InChI=1S/C8H9ClN2O/c1-11-7(8(9)12)4-6(10-11)5-2-3-5/h4-5H,2-3H2,1H3. The molecule has 0 atom stereocenters. The van der Waals surface area contributed by atoms with Crippen molar-refractivity contribution in [3.05, 3.63) is 17.5 Å². The SMILES string of the molecule is Cn1nc(C2CC2)cc1C(=O)Cl. The molecule has 0 bridgehead atoms. The molecule has 0 N–H and O–H groups in total. The number of aryl methyl sites for hydroxylation is 1. The van der Waals surface area contributed by atoms with Gasteiger partial charge in [0.1, 0.15) is 5.69 Å². The molecule has 1 aromatic rings. The van der Waals surface area contributed by atoms with Crippen molar-refractivity contribution in [3.8, 4) is 0 Å². The Morgan fingerprint density at radius 2 is 2.42 bits per heavy atom. The average molecular weight is 185 g/mol. The van der Waals surface area contributed by atoms with Gasteiger partial charge in [0, 0.05) is 13.0 Å². The number of rotatable bonds is 2. The molecule has 0 spiro atoms. The van der Waals surface area contributed by atoms with Gasteiger partial charge in [-0.2, -0.15) is 5.10 Å². The molecule has 1 aromatic heterocycles. The van der Waals surface area contributed by atoms with Crippen molar-refractivity contribution in [3.63, 3.8) is 0 Å². The number of hydrogen-bond donors (Lipinski definition) is 0. The molecule has 1 aliphatic rings. The molecule has 12 heavy (non-hydrogen) atoms. The lowest BCUT2D eigenvalue weighted by Crippen LogP contribution is -2.00. The fourth-order valence-electron chi connectivity index (χ4n) is 1.25. The third-order valence-corrected chi connectivity index (χ3v) is 2.29. The van der Waals surface area contributed by atoms with Crippen molar-refractivity contribution in [2.45, 2.75) is 18.8 Å². The summed E-state index contributed by atoms with van der Waals surface area (Å²) in [6.45, 7) is 0. The number of halogens is 1. The topological polar surface area (TPSA) is 34.9 Å². The summed E-state index contributed by atoms with van der Waals surface area (Å²) in [6.07, 6.45) is 2.37. The van der Waals surface area contributed by atoms with E-state index in [0.717, 1.165) is 5.69 Å². The Kier molecular flexibility index (Phi) is 1.68. The first-order valence-corrected chi connectivity index (χ1v) is 4.30. The van der Waals surface area contributed by atoms with Crippen molar-refractivity contribution in [1.29, 1.82) is 0 Å². The highest BCUT2D eigenvalue weighted by molar-refractivity contribution is 6.67. The van der Waals surface area contributed by atoms with Gasteiger partial charge in [-0.25, -0.2) is 0 Å². The summed E-state index contributed by atoms with van der Waals surface area (Å²) >= 11 is 5.35. The largest absolute Gasteiger partial charge is 0.274 e. The highest BCUT2D eigenvalue weighted by Gasteiger charge is 2.27. The van der Waals surface area contributed by atoms with Crippen LogP contribution in [0.5, 0.6) is 0 Å². The highest BCUT2D eigenvalue weighted by Crippen LogP contribution is 2.39. The van der Waals surface area contributed by atoms with E-state index in [-0.39, 0.29) is 0 Å². The molecule has 0 aromatic carbocycles. The average Bonchev–Trinajstić information content (AvgIpc) is 2.75. The first-order chi connectivity index (χ1) is 5.68.